The molecular weight excluding hydrogens is 245 g/mol. The molecule has 106 valence electrons. The third kappa shape index (κ3) is 3.32. The van der Waals surface area contributed by atoms with E-state index in [1.807, 2.05) is 13.8 Å². The van der Waals surface area contributed by atoms with Gasteiger partial charge in [-0.15, -0.1) is 0 Å². The van der Waals surface area contributed by atoms with Crippen molar-refractivity contribution in [3.05, 3.63) is 34.6 Å². The van der Waals surface area contributed by atoms with E-state index < -0.39 is 0 Å². The Kier molecular flexibility index (Phi) is 4.91. The highest BCUT2D eigenvalue weighted by molar-refractivity contribution is 5.37. The Morgan fingerprint density at radius 3 is 2.53 bits per heavy atom. The summed E-state index contributed by atoms with van der Waals surface area (Å²) in [5.41, 5.74) is 3.04. The maximum Gasteiger partial charge on any atom is 0.123 e. The summed E-state index contributed by atoms with van der Waals surface area (Å²) in [5, 5.41) is 3.44. The molecule has 2 atom stereocenters. The van der Waals surface area contributed by atoms with Crippen molar-refractivity contribution in [3.63, 3.8) is 0 Å². The highest BCUT2D eigenvalue weighted by Crippen LogP contribution is 2.28. The molecule has 2 unspecified atom stereocenters. The SMILES string of the molecule is CCNC(c1c(C)cc(F)cc1C)C1COCCO1. The second kappa shape index (κ2) is 6.46. The van der Waals surface area contributed by atoms with Crippen LogP contribution in [0.3, 0.4) is 0 Å². The molecule has 19 heavy (non-hydrogen) atoms. The predicted molar refractivity (Wildman–Crippen MR) is 72.9 cm³/mol. The molecule has 1 fully saturated rings. The fourth-order valence-corrected chi connectivity index (χ4v) is 2.75. The van der Waals surface area contributed by atoms with Crippen molar-refractivity contribution in [1.82, 2.24) is 5.32 Å². The predicted octanol–water partition coefficient (Wildman–Crippen LogP) is 2.51. The molecule has 0 amide bonds. The minimum atomic E-state index is -0.185. The van der Waals surface area contributed by atoms with Crippen LogP contribution in [0, 0.1) is 19.7 Å². The Morgan fingerprint density at radius 2 is 2.00 bits per heavy atom. The summed E-state index contributed by atoms with van der Waals surface area (Å²) in [4.78, 5) is 0. The van der Waals surface area contributed by atoms with Gasteiger partial charge in [0, 0.05) is 0 Å². The molecule has 0 saturated carbocycles. The quantitative estimate of drug-likeness (QED) is 0.909. The molecule has 1 saturated heterocycles. The second-order valence-corrected chi connectivity index (χ2v) is 4.97. The van der Waals surface area contributed by atoms with Crippen LogP contribution in [0.25, 0.3) is 0 Å². The van der Waals surface area contributed by atoms with Gasteiger partial charge in [0.25, 0.3) is 0 Å². The lowest BCUT2D eigenvalue weighted by Crippen LogP contribution is -2.41. The lowest BCUT2D eigenvalue weighted by atomic mass is 9.92. The van der Waals surface area contributed by atoms with Gasteiger partial charge in [0.1, 0.15) is 11.9 Å². The largest absolute Gasteiger partial charge is 0.376 e. The van der Waals surface area contributed by atoms with Crippen molar-refractivity contribution in [2.75, 3.05) is 26.4 Å². The topological polar surface area (TPSA) is 30.5 Å². The van der Waals surface area contributed by atoms with Crippen LogP contribution in [-0.2, 0) is 9.47 Å². The van der Waals surface area contributed by atoms with Crippen molar-refractivity contribution >= 4 is 0 Å². The van der Waals surface area contributed by atoms with E-state index >= 15 is 0 Å². The molecule has 1 heterocycles. The Hall–Kier alpha value is -0.970. The van der Waals surface area contributed by atoms with Gasteiger partial charge in [-0.25, -0.2) is 4.39 Å². The molecule has 2 rings (SSSR count). The lowest BCUT2D eigenvalue weighted by Gasteiger charge is -2.33. The second-order valence-electron chi connectivity index (χ2n) is 4.97. The van der Waals surface area contributed by atoms with Gasteiger partial charge in [-0.1, -0.05) is 6.92 Å². The maximum absolute atomic E-state index is 13.4. The average Bonchev–Trinajstić information content (AvgIpc) is 2.37. The van der Waals surface area contributed by atoms with Crippen LogP contribution in [0.5, 0.6) is 0 Å². The molecule has 0 radical (unpaired) electrons. The molecule has 1 aromatic carbocycles. The van der Waals surface area contributed by atoms with Gasteiger partial charge in [0.15, 0.2) is 0 Å². The summed E-state index contributed by atoms with van der Waals surface area (Å²) < 4.78 is 24.7. The third-order valence-electron chi connectivity index (χ3n) is 3.51. The number of aryl methyl sites for hydroxylation is 2. The summed E-state index contributed by atoms with van der Waals surface area (Å²) >= 11 is 0. The zero-order valence-corrected chi connectivity index (χ0v) is 11.8. The molecule has 0 aromatic heterocycles. The van der Waals surface area contributed by atoms with Crippen LogP contribution >= 0.6 is 0 Å². The Bertz CT molecular complexity index is 407. The molecule has 4 heteroatoms. The maximum atomic E-state index is 13.4. The van der Waals surface area contributed by atoms with Crippen molar-refractivity contribution in [3.8, 4) is 0 Å². The summed E-state index contributed by atoms with van der Waals surface area (Å²) in [7, 11) is 0. The summed E-state index contributed by atoms with van der Waals surface area (Å²) in [6.07, 6.45) is -0.0171. The van der Waals surface area contributed by atoms with Crippen molar-refractivity contribution in [1.29, 1.82) is 0 Å². The third-order valence-corrected chi connectivity index (χ3v) is 3.51. The molecule has 0 bridgehead atoms. The summed E-state index contributed by atoms with van der Waals surface area (Å²) in [6, 6.07) is 3.21. The first kappa shape index (κ1) is 14.4. The summed E-state index contributed by atoms with van der Waals surface area (Å²) in [6.45, 7) is 8.63. The van der Waals surface area contributed by atoms with Crippen LogP contribution in [-0.4, -0.2) is 32.5 Å². The smallest absolute Gasteiger partial charge is 0.123 e. The Morgan fingerprint density at radius 1 is 1.32 bits per heavy atom. The lowest BCUT2D eigenvalue weighted by molar-refractivity contribution is -0.102. The minimum Gasteiger partial charge on any atom is -0.376 e. The van der Waals surface area contributed by atoms with Gasteiger partial charge in [0.2, 0.25) is 0 Å². The van der Waals surface area contributed by atoms with Crippen LogP contribution in [0.15, 0.2) is 12.1 Å². The van der Waals surface area contributed by atoms with E-state index in [9.17, 15) is 4.39 Å². The van der Waals surface area contributed by atoms with E-state index in [-0.39, 0.29) is 18.0 Å². The van der Waals surface area contributed by atoms with E-state index in [4.69, 9.17) is 9.47 Å². The monoisotopic (exact) mass is 267 g/mol. The fraction of sp³-hybridized carbons (Fsp3) is 0.600. The Balaban J connectivity index is 2.32. The molecule has 1 aliphatic heterocycles. The van der Waals surface area contributed by atoms with Gasteiger partial charge >= 0.3 is 0 Å². The number of rotatable bonds is 4. The first-order chi connectivity index (χ1) is 9.13. The highest BCUT2D eigenvalue weighted by atomic mass is 19.1. The molecule has 1 aliphatic rings. The molecule has 3 nitrogen and oxygen atoms in total. The van der Waals surface area contributed by atoms with Crippen molar-refractivity contribution < 1.29 is 13.9 Å². The number of benzene rings is 1. The molecule has 1 aromatic rings. The number of halogens is 1. The standard InChI is InChI=1S/C15H22FNO2/c1-4-17-15(13-9-18-5-6-19-13)14-10(2)7-12(16)8-11(14)3/h7-8,13,15,17H,4-6,9H2,1-3H3. The van der Waals surface area contributed by atoms with E-state index in [1.165, 1.54) is 0 Å². The molecule has 0 spiro atoms. The average molecular weight is 267 g/mol. The van der Waals surface area contributed by atoms with E-state index in [0.717, 1.165) is 23.2 Å². The highest BCUT2D eigenvalue weighted by Gasteiger charge is 2.28. The zero-order chi connectivity index (χ0) is 13.8. The van der Waals surface area contributed by atoms with E-state index in [2.05, 4.69) is 12.2 Å². The van der Waals surface area contributed by atoms with E-state index in [1.54, 1.807) is 12.1 Å². The fourth-order valence-electron chi connectivity index (χ4n) is 2.75. The number of nitrogens with one attached hydrogen (secondary N) is 1. The Labute approximate surface area is 114 Å². The number of hydrogen-bond donors (Lipinski definition) is 1. The van der Waals surface area contributed by atoms with Crippen molar-refractivity contribution in [2.45, 2.75) is 32.9 Å². The van der Waals surface area contributed by atoms with Crippen molar-refractivity contribution in [2.24, 2.45) is 0 Å². The minimum absolute atomic E-state index is 0.0171. The van der Waals surface area contributed by atoms with Crippen LogP contribution in [0.4, 0.5) is 4.39 Å². The van der Waals surface area contributed by atoms with E-state index in [0.29, 0.717) is 19.8 Å². The van der Waals surface area contributed by atoms with Gasteiger partial charge in [-0.3, -0.25) is 0 Å². The van der Waals surface area contributed by atoms with Gasteiger partial charge in [-0.2, -0.15) is 0 Å². The van der Waals surface area contributed by atoms with Crippen LogP contribution in [0.1, 0.15) is 29.7 Å². The zero-order valence-electron chi connectivity index (χ0n) is 11.8. The normalized spacial score (nSPS) is 21.4. The van der Waals surface area contributed by atoms with Gasteiger partial charge < -0.3 is 14.8 Å². The number of ether oxygens (including phenoxy) is 2. The molecule has 1 N–H and O–H groups in total. The summed E-state index contributed by atoms with van der Waals surface area (Å²) in [5.74, 6) is -0.185. The molecule has 0 aliphatic carbocycles. The number of hydrogen-bond acceptors (Lipinski definition) is 3. The van der Waals surface area contributed by atoms with Crippen LogP contribution < -0.4 is 5.32 Å². The molecular formula is C15H22FNO2. The van der Waals surface area contributed by atoms with Crippen LogP contribution in [0.2, 0.25) is 0 Å². The van der Waals surface area contributed by atoms with Gasteiger partial charge in [0.05, 0.1) is 25.9 Å². The first-order valence-electron chi connectivity index (χ1n) is 6.83. The number of likely N-dealkylation sites (N-methyl/N-ethyl adjacent to an activating group) is 1. The van der Waals surface area contributed by atoms with Gasteiger partial charge in [-0.05, 0) is 49.2 Å². The first-order valence-corrected chi connectivity index (χ1v) is 6.83.